The fraction of sp³-hybridized carbons (Fsp3) is 0.833. The summed E-state index contributed by atoms with van der Waals surface area (Å²) >= 11 is 0. The van der Waals surface area contributed by atoms with Gasteiger partial charge in [-0.05, 0) is 13.3 Å². The third-order valence-corrected chi connectivity index (χ3v) is 2.60. The summed E-state index contributed by atoms with van der Waals surface area (Å²) in [5.74, 6) is -1.02. The topological polar surface area (TPSA) is 89.9 Å². The van der Waals surface area contributed by atoms with Gasteiger partial charge in [0.1, 0.15) is 6.23 Å². The van der Waals surface area contributed by atoms with Crippen molar-refractivity contribution in [1.82, 2.24) is 10.2 Å². The van der Waals surface area contributed by atoms with Crippen molar-refractivity contribution in [2.24, 2.45) is 0 Å². The second-order valence-electron chi connectivity index (χ2n) is 4.30. The molecule has 19 heavy (non-hydrogen) atoms. The molecule has 1 unspecified atom stereocenters. The molecule has 0 radical (unpaired) electrons. The van der Waals surface area contributed by atoms with Gasteiger partial charge in [0.15, 0.2) is 0 Å². The minimum atomic E-state index is -0.995. The van der Waals surface area contributed by atoms with Crippen molar-refractivity contribution in [2.45, 2.75) is 45.8 Å². The van der Waals surface area contributed by atoms with Crippen molar-refractivity contribution >= 4 is 41.4 Å². The standard InChI is InChI=1S/C12H24N2O4.Na.H/c1-3-4-5-6-11(16)13-7-8-14(10(2)15)9-12(17)18;;/h10,15H,3-9H2,1-2H3,(H,13,16)(H,17,18);;. The van der Waals surface area contributed by atoms with Crippen LogP contribution in [0.25, 0.3) is 0 Å². The first-order valence-electron chi connectivity index (χ1n) is 6.38. The van der Waals surface area contributed by atoms with E-state index >= 15 is 0 Å². The van der Waals surface area contributed by atoms with Gasteiger partial charge in [-0.25, -0.2) is 0 Å². The number of aliphatic carboxylic acids is 1. The van der Waals surface area contributed by atoms with Crippen LogP contribution in [0.3, 0.4) is 0 Å². The number of nitrogens with one attached hydrogen (secondary N) is 1. The van der Waals surface area contributed by atoms with Crippen LogP contribution in [0, 0.1) is 0 Å². The van der Waals surface area contributed by atoms with E-state index in [1.807, 2.05) is 0 Å². The van der Waals surface area contributed by atoms with Gasteiger partial charge in [0.25, 0.3) is 0 Å². The van der Waals surface area contributed by atoms with Crippen molar-refractivity contribution in [1.29, 1.82) is 0 Å². The number of aliphatic hydroxyl groups excluding tert-OH is 1. The Bertz CT molecular complexity index is 262. The maximum atomic E-state index is 11.4. The second kappa shape index (κ2) is 12.9. The second-order valence-corrected chi connectivity index (χ2v) is 4.30. The van der Waals surface area contributed by atoms with Crippen LogP contribution in [0.1, 0.15) is 39.5 Å². The zero-order valence-electron chi connectivity index (χ0n) is 11.2. The van der Waals surface area contributed by atoms with Gasteiger partial charge in [-0.3, -0.25) is 14.5 Å². The Hall–Kier alpha value is -0.140. The molecule has 1 amide bonds. The predicted molar refractivity (Wildman–Crippen MR) is 75.2 cm³/mol. The van der Waals surface area contributed by atoms with E-state index in [2.05, 4.69) is 12.2 Å². The number of nitrogens with zero attached hydrogens (tertiary/aromatic N) is 1. The van der Waals surface area contributed by atoms with Crippen LogP contribution in [-0.4, -0.2) is 82.4 Å². The fourth-order valence-electron chi connectivity index (χ4n) is 1.53. The summed E-state index contributed by atoms with van der Waals surface area (Å²) in [6, 6.07) is 0. The first-order valence-corrected chi connectivity index (χ1v) is 6.38. The van der Waals surface area contributed by atoms with E-state index in [1.165, 1.54) is 11.8 Å². The quantitative estimate of drug-likeness (QED) is 0.293. The molecular formula is C12H25N2NaO4. The molecule has 0 aliphatic carbocycles. The Balaban J connectivity index is 0. The van der Waals surface area contributed by atoms with Gasteiger partial charge in [-0.1, -0.05) is 19.8 Å². The summed E-state index contributed by atoms with van der Waals surface area (Å²) in [4.78, 5) is 23.3. The molecule has 0 bridgehead atoms. The van der Waals surface area contributed by atoms with Gasteiger partial charge in [-0.2, -0.15) is 0 Å². The van der Waals surface area contributed by atoms with E-state index in [4.69, 9.17) is 5.11 Å². The number of carbonyl (C=O) groups excluding carboxylic acids is 1. The Morgan fingerprint density at radius 2 is 1.95 bits per heavy atom. The van der Waals surface area contributed by atoms with E-state index in [-0.39, 0.29) is 42.0 Å². The van der Waals surface area contributed by atoms with E-state index < -0.39 is 12.2 Å². The molecule has 0 spiro atoms. The van der Waals surface area contributed by atoms with Gasteiger partial charge in [0.2, 0.25) is 5.91 Å². The summed E-state index contributed by atoms with van der Waals surface area (Å²) in [6.07, 6.45) is 2.64. The first-order chi connectivity index (χ1) is 8.47. The van der Waals surface area contributed by atoms with Crippen LogP contribution in [-0.2, 0) is 9.59 Å². The summed E-state index contributed by atoms with van der Waals surface area (Å²) < 4.78 is 0. The Morgan fingerprint density at radius 1 is 1.32 bits per heavy atom. The number of aliphatic hydroxyl groups is 1. The van der Waals surface area contributed by atoms with E-state index in [1.54, 1.807) is 0 Å². The predicted octanol–water partition coefficient (Wildman–Crippen LogP) is -0.241. The van der Waals surface area contributed by atoms with Gasteiger partial charge >= 0.3 is 35.5 Å². The van der Waals surface area contributed by atoms with Crippen LogP contribution in [0.4, 0.5) is 0 Å². The Kier molecular flexibility index (Phi) is 14.3. The monoisotopic (exact) mass is 284 g/mol. The molecule has 0 fully saturated rings. The summed E-state index contributed by atoms with van der Waals surface area (Å²) in [6.45, 7) is 4.02. The first kappa shape index (κ1) is 21.2. The molecule has 3 N–H and O–H groups in total. The summed E-state index contributed by atoms with van der Waals surface area (Å²) in [5.41, 5.74) is 0. The normalized spacial score (nSPS) is 11.8. The Labute approximate surface area is 136 Å². The number of amides is 1. The molecule has 7 heteroatoms. The number of carbonyl (C=O) groups is 2. The third-order valence-electron chi connectivity index (χ3n) is 2.60. The van der Waals surface area contributed by atoms with Crippen molar-refractivity contribution in [2.75, 3.05) is 19.6 Å². The molecule has 0 saturated heterocycles. The number of unbranched alkanes of at least 4 members (excludes halogenated alkanes) is 2. The van der Waals surface area contributed by atoms with Crippen LogP contribution in [0.5, 0.6) is 0 Å². The van der Waals surface area contributed by atoms with E-state index in [0.717, 1.165) is 19.3 Å². The zero-order valence-corrected chi connectivity index (χ0v) is 11.2. The van der Waals surface area contributed by atoms with Crippen LogP contribution < -0.4 is 5.32 Å². The maximum absolute atomic E-state index is 11.4. The van der Waals surface area contributed by atoms with Gasteiger partial charge in [-0.15, -0.1) is 0 Å². The molecule has 0 aliphatic rings. The number of carboxylic acid groups (broad SMARTS) is 1. The number of hydrogen-bond donors (Lipinski definition) is 3. The van der Waals surface area contributed by atoms with E-state index in [0.29, 0.717) is 19.5 Å². The summed E-state index contributed by atoms with van der Waals surface area (Å²) in [5, 5.41) is 20.7. The van der Waals surface area contributed by atoms with Gasteiger partial charge in [0.05, 0.1) is 6.54 Å². The van der Waals surface area contributed by atoms with Crippen LogP contribution >= 0.6 is 0 Å². The van der Waals surface area contributed by atoms with Crippen molar-refractivity contribution in [3.05, 3.63) is 0 Å². The average Bonchev–Trinajstić information content (AvgIpc) is 2.27. The molecule has 0 aromatic heterocycles. The van der Waals surface area contributed by atoms with Crippen molar-refractivity contribution < 1.29 is 19.8 Å². The summed E-state index contributed by atoms with van der Waals surface area (Å²) in [7, 11) is 0. The Morgan fingerprint density at radius 3 is 2.42 bits per heavy atom. The number of rotatable bonds is 10. The average molecular weight is 284 g/mol. The van der Waals surface area contributed by atoms with Gasteiger partial charge in [0, 0.05) is 19.5 Å². The van der Waals surface area contributed by atoms with Crippen LogP contribution in [0.15, 0.2) is 0 Å². The molecule has 0 rings (SSSR count). The molecule has 1 atom stereocenters. The number of hydrogen-bond acceptors (Lipinski definition) is 4. The van der Waals surface area contributed by atoms with Crippen molar-refractivity contribution in [3.8, 4) is 0 Å². The molecule has 0 aromatic rings. The number of carboxylic acids is 1. The molecule has 6 nitrogen and oxygen atoms in total. The SMILES string of the molecule is CCCCCC(=O)NCCN(CC(=O)O)C(C)O.[NaH]. The molecule has 0 aromatic carbocycles. The van der Waals surface area contributed by atoms with Crippen LogP contribution in [0.2, 0.25) is 0 Å². The molecule has 108 valence electrons. The van der Waals surface area contributed by atoms with Gasteiger partial charge < -0.3 is 15.5 Å². The molecule has 0 aliphatic heterocycles. The van der Waals surface area contributed by atoms with Crippen molar-refractivity contribution in [3.63, 3.8) is 0 Å². The third kappa shape index (κ3) is 12.6. The molecule has 0 heterocycles. The van der Waals surface area contributed by atoms with E-state index in [9.17, 15) is 14.7 Å². The zero-order chi connectivity index (χ0) is 14.0. The molecule has 0 saturated carbocycles. The molecular weight excluding hydrogens is 259 g/mol. The minimum absolute atomic E-state index is 0. The fourth-order valence-corrected chi connectivity index (χ4v) is 1.53.